The molecular formula is C17H15IN2OS. The minimum absolute atomic E-state index is 0.0172. The van der Waals surface area contributed by atoms with Crippen molar-refractivity contribution in [2.24, 2.45) is 5.92 Å². The number of nitrogens with one attached hydrogen (secondary N) is 1. The van der Waals surface area contributed by atoms with E-state index in [4.69, 9.17) is 4.98 Å². The SMILES string of the molecule is CC(C)C(=O)Nc1ccc(I)cc1-c1nc2ccccc2s1. The summed E-state index contributed by atoms with van der Waals surface area (Å²) in [5.74, 6) is -0.0361. The number of anilines is 1. The summed E-state index contributed by atoms with van der Waals surface area (Å²) in [6, 6.07) is 14.1. The first-order valence-corrected chi connectivity index (χ1v) is 8.90. The van der Waals surface area contributed by atoms with Gasteiger partial charge in [0.15, 0.2) is 0 Å². The Balaban J connectivity index is 2.08. The van der Waals surface area contributed by atoms with Gasteiger partial charge in [-0.1, -0.05) is 26.0 Å². The van der Waals surface area contributed by atoms with E-state index in [9.17, 15) is 4.79 Å². The standard InChI is InChI=1S/C17H15IN2OS/c1-10(2)16(21)19-13-8-7-11(18)9-12(13)17-20-14-5-3-4-6-15(14)22-17/h3-10H,1-2H3,(H,19,21). The second kappa shape index (κ2) is 6.34. The van der Waals surface area contributed by atoms with Crippen LogP contribution in [0.4, 0.5) is 5.69 Å². The van der Waals surface area contributed by atoms with Gasteiger partial charge >= 0.3 is 0 Å². The topological polar surface area (TPSA) is 42.0 Å². The van der Waals surface area contributed by atoms with Crippen LogP contribution in [0.25, 0.3) is 20.8 Å². The maximum absolute atomic E-state index is 12.0. The Morgan fingerprint density at radius 1 is 1.23 bits per heavy atom. The zero-order chi connectivity index (χ0) is 15.7. The molecule has 0 saturated heterocycles. The van der Waals surface area contributed by atoms with Gasteiger partial charge in [0.1, 0.15) is 5.01 Å². The Bertz CT molecular complexity index is 809. The molecule has 2 aromatic carbocycles. The molecule has 0 atom stereocenters. The van der Waals surface area contributed by atoms with Gasteiger partial charge in [-0.2, -0.15) is 0 Å². The summed E-state index contributed by atoms with van der Waals surface area (Å²) in [5, 5.41) is 3.93. The zero-order valence-electron chi connectivity index (χ0n) is 12.3. The Kier molecular flexibility index (Phi) is 4.44. The predicted octanol–water partition coefficient (Wildman–Crippen LogP) is 5.16. The normalized spacial score (nSPS) is 11.1. The van der Waals surface area contributed by atoms with Crippen LogP contribution >= 0.6 is 33.9 Å². The highest BCUT2D eigenvalue weighted by Crippen LogP contribution is 2.35. The van der Waals surface area contributed by atoms with Crippen molar-refractivity contribution in [3.05, 3.63) is 46.0 Å². The molecule has 112 valence electrons. The fourth-order valence-electron chi connectivity index (χ4n) is 2.07. The molecule has 0 radical (unpaired) electrons. The number of carbonyl (C=O) groups excluding carboxylic acids is 1. The largest absolute Gasteiger partial charge is 0.325 e. The molecular weight excluding hydrogens is 407 g/mol. The molecule has 1 aromatic heterocycles. The highest BCUT2D eigenvalue weighted by Gasteiger charge is 2.14. The molecule has 1 amide bonds. The Morgan fingerprint density at radius 2 is 2.00 bits per heavy atom. The molecule has 0 fully saturated rings. The molecule has 3 aromatic rings. The van der Waals surface area contributed by atoms with Crippen molar-refractivity contribution in [2.75, 3.05) is 5.32 Å². The number of carbonyl (C=O) groups is 1. The van der Waals surface area contributed by atoms with Gasteiger partial charge in [-0.25, -0.2) is 4.98 Å². The molecule has 22 heavy (non-hydrogen) atoms. The first-order chi connectivity index (χ1) is 10.5. The number of hydrogen-bond acceptors (Lipinski definition) is 3. The summed E-state index contributed by atoms with van der Waals surface area (Å²) < 4.78 is 2.27. The molecule has 0 spiro atoms. The van der Waals surface area contributed by atoms with Gasteiger partial charge in [0.25, 0.3) is 0 Å². The van der Waals surface area contributed by atoms with E-state index in [0.29, 0.717) is 0 Å². The predicted molar refractivity (Wildman–Crippen MR) is 101 cm³/mol. The summed E-state index contributed by atoms with van der Waals surface area (Å²) in [4.78, 5) is 16.7. The molecule has 3 nitrogen and oxygen atoms in total. The van der Waals surface area contributed by atoms with E-state index in [2.05, 4.69) is 40.0 Å². The van der Waals surface area contributed by atoms with Crippen LogP contribution in [0, 0.1) is 9.49 Å². The van der Waals surface area contributed by atoms with Gasteiger partial charge in [-0.3, -0.25) is 4.79 Å². The van der Waals surface area contributed by atoms with Crippen LogP contribution in [0.15, 0.2) is 42.5 Å². The molecule has 3 rings (SSSR count). The van der Waals surface area contributed by atoms with Crippen LogP contribution < -0.4 is 5.32 Å². The summed E-state index contributed by atoms with van der Waals surface area (Å²) in [5.41, 5.74) is 2.78. The molecule has 0 unspecified atom stereocenters. The lowest BCUT2D eigenvalue weighted by atomic mass is 10.1. The van der Waals surface area contributed by atoms with E-state index in [1.807, 2.05) is 44.2 Å². The van der Waals surface area contributed by atoms with Crippen molar-refractivity contribution in [1.82, 2.24) is 4.98 Å². The number of amides is 1. The third kappa shape index (κ3) is 3.15. The minimum atomic E-state index is -0.0532. The van der Waals surface area contributed by atoms with Gasteiger partial charge in [0.05, 0.1) is 15.9 Å². The van der Waals surface area contributed by atoms with Gasteiger partial charge in [-0.15, -0.1) is 11.3 Å². The van der Waals surface area contributed by atoms with Crippen molar-refractivity contribution in [3.8, 4) is 10.6 Å². The van der Waals surface area contributed by atoms with Crippen LogP contribution in [0.3, 0.4) is 0 Å². The Morgan fingerprint density at radius 3 is 2.73 bits per heavy atom. The number of aromatic nitrogens is 1. The van der Waals surface area contributed by atoms with E-state index < -0.39 is 0 Å². The molecule has 1 N–H and O–H groups in total. The molecule has 5 heteroatoms. The first-order valence-electron chi connectivity index (χ1n) is 7.01. The van der Waals surface area contributed by atoms with E-state index in [-0.39, 0.29) is 11.8 Å². The van der Waals surface area contributed by atoms with Crippen molar-refractivity contribution in [2.45, 2.75) is 13.8 Å². The number of nitrogens with zero attached hydrogens (tertiary/aromatic N) is 1. The summed E-state index contributed by atoms with van der Waals surface area (Å²) in [6.45, 7) is 3.78. The maximum Gasteiger partial charge on any atom is 0.226 e. The van der Waals surface area contributed by atoms with Gasteiger partial charge in [-0.05, 0) is 52.9 Å². The monoisotopic (exact) mass is 422 g/mol. The first kappa shape index (κ1) is 15.4. The Hall–Kier alpha value is -1.47. The van der Waals surface area contributed by atoms with Crippen molar-refractivity contribution in [3.63, 3.8) is 0 Å². The van der Waals surface area contributed by atoms with E-state index >= 15 is 0 Å². The third-order valence-electron chi connectivity index (χ3n) is 3.29. The summed E-state index contributed by atoms with van der Waals surface area (Å²) in [6.07, 6.45) is 0. The smallest absolute Gasteiger partial charge is 0.226 e. The van der Waals surface area contributed by atoms with Gasteiger partial charge < -0.3 is 5.32 Å². The van der Waals surface area contributed by atoms with Crippen molar-refractivity contribution >= 4 is 55.7 Å². The molecule has 0 saturated carbocycles. The average molecular weight is 422 g/mol. The number of halogens is 1. The van der Waals surface area contributed by atoms with E-state index in [1.165, 1.54) is 0 Å². The van der Waals surface area contributed by atoms with Gasteiger partial charge in [0.2, 0.25) is 5.91 Å². The highest BCUT2D eigenvalue weighted by molar-refractivity contribution is 14.1. The summed E-state index contributed by atoms with van der Waals surface area (Å²) in [7, 11) is 0. The fraction of sp³-hybridized carbons (Fsp3) is 0.176. The van der Waals surface area contributed by atoms with Crippen LogP contribution in [0.1, 0.15) is 13.8 Å². The zero-order valence-corrected chi connectivity index (χ0v) is 15.2. The van der Waals surface area contributed by atoms with Crippen molar-refractivity contribution < 1.29 is 4.79 Å². The lowest BCUT2D eigenvalue weighted by molar-refractivity contribution is -0.118. The van der Waals surface area contributed by atoms with Crippen molar-refractivity contribution in [1.29, 1.82) is 0 Å². The molecule has 0 aliphatic rings. The third-order valence-corrected chi connectivity index (χ3v) is 5.03. The van der Waals surface area contributed by atoms with Crippen LogP contribution in [-0.2, 0) is 4.79 Å². The van der Waals surface area contributed by atoms with Crippen LogP contribution in [-0.4, -0.2) is 10.9 Å². The van der Waals surface area contributed by atoms with Gasteiger partial charge in [0, 0.05) is 15.1 Å². The number of para-hydroxylation sites is 1. The number of rotatable bonds is 3. The lowest BCUT2D eigenvalue weighted by Crippen LogP contribution is -2.18. The average Bonchev–Trinajstić information content (AvgIpc) is 2.92. The molecule has 1 heterocycles. The summed E-state index contributed by atoms with van der Waals surface area (Å²) >= 11 is 3.92. The number of benzene rings is 2. The van der Waals surface area contributed by atoms with Crippen LogP contribution in [0.5, 0.6) is 0 Å². The molecule has 0 aliphatic heterocycles. The Labute approximate surface area is 146 Å². The second-order valence-corrected chi connectivity index (χ2v) is 7.60. The van der Waals surface area contributed by atoms with E-state index in [1.54, 1.807) is 11.3 Å². The minimum Gasteiger partial charge on any atom is -0.325 e. The number of hydrogen-bond donors (Lipinski definition) is 1. The van der Waals surface area contributed by atoms with Crippen LogP contribution in [0.2, 0.25) is 0 Å². The lowest BCUT2D eigenvalue weighted by Gasteiger charge is -2.11. The maximum atomic E-state index is 12.0. The van der Waals surface area contributed by atoms with E-state index in [0.717, 1.165) is 30.0 Å². The molecule has 0 aliphatic carbocycles. The number of fused-ring (bicyclic) bond motifs is 1. The quantitative estimate of drug-likeness (QED) is 0.593. The second-order valence-electron chi connectivity index (χ2n) is 5.32. The highest BCUT2D eigenvalue weighted by atomic mass is 127. The molecule has 0 bridgehead atoms. The number of thiazole rings is 1. The fourth-order valence-corrected chi connectivity index (χ4v) is 3.55.